The molecule has 2 aromatic carbocycles. The van der Waals surface area contributed by atoms with E-state index in [1.54, 1.807) is 19.9 Å². The zero-order valence-electron chi connectivity index (χ0n) is 12.5. The SMILES string of the molecule is CC(C#Cc1ccc(-c2cccc(F)c2)cc1)C(C)(C)O. The Labute approximate surface area is 125 Å². The summed E-state index contributed by atoms with van der Waals surface area (Å²) in [4.78, 5) is 0. The Bertz CT molecular complexity index is 669. The highest BCUT2D eigenvalue weighted by Gasteiger charge is 2.19. The zero-order chi connectivity index (χ0) is 15.5. The maximum absolute atomic E-state index is 13.2. The first-order chi connectivity index (χ1) is 9.86. The van der Waals surface area contributed by atoms with Crippen LogP contribution in [0.3, 0.4) is 0 Å². The van der Waals surface area contributed by atoms with Crippen LogP contribution >= 0.6 is 0 Å². The van der Waals surface area contributed by atoms with Gasteiger partial charge in [0, 0.05) is 11.5 Å². The van der Waals surface area contributed by atoms with Crippen LogP contribution in [0.1, 0.15) is 26.3 Å². The van der Waals surface area contributed by atoms with Gasteiger partial charge in [0.25, 0.3) is 0 Å². The van der Waals surface area contributed by atoms with E-state index in [1.165, 1.54) is 12.1 Å². The summed E-state index contributed by atoms with van der Waals surface area (Å²) in [7, 11) is 0. The Kier molecular flexibility index (Phi) is 4.45. The highest BCUT2D eigenvalue weighted by molar-refractivity contribution is 5.64. The molecule has 0 aliphatic carbocycles. The third-order valence-electron chi connectivity index (χ3n) is 3.54. The largest absolute Gasteiger partial charge is 0.389 e. The van der Waals surface area contributed by atoms with Crippen LogP contribution in [0.5, 0.6) is 0 Å². The van der Waals surface area contributed by atoms with Gasteiger partial charge < -0.3 is 5.11 Å². The minimum absolute atomic E-state index is 0.111. The second kappa shape index (κ2) is 6.11. The van der Waals surface area contributed by atoms with Gasteiger partial charge in [-0.3, -0.25) is 0 Å². The molecule has 0 aliphatic rings. The topological polar surface area (TPSA) is 20.2 Å². The fraction of sp³-hybridized carbons (Fsp3) is 0.263. The second-order valence-corrected chi connectivity index (χ2v) is 5.73. The van der Waals surface area contributed by atoms with Crippen molar-refractivity contribution in [2.75, 3.05) is 0 Å². The van der Waals surface area contributed by atoms with Crippen molar-refractivity contribution in [1.82, 2.24) is 0 Å². The number of halogens is 1. The van der Waals surface area contributed by atoms with E-state index in [4.69, 9.17) is 0 Å². The molecule has 2 rings (SSSR count). The summed E-state index contributed by atoms with van der Waals surface area (Å²) in [5.74, 6) is 5.75. The predicted octanol–water partition coefficient (Wildman–Crippen LogP) is 4.25. The molecule has 0 amide bonds. The molecule has 0 aromatic heterocycles. The molecule has 21 heavy (non-hydrogen) atoms. The fourth-order valence-electron chi connectivity index (χ4n) is 1.78. The summed E-state index contributed by atoms with van der Waals surface area (Å²) >= 11 is 0. The van der Waals surface area contributed by atoms with Crippen LogP contribution in [0, 0.1) is 23.6 Å². The highest BCUT2D eigenvalue weighted by Crippen LogP contribution is 2.20. The minimum Gasteiger partial charge on any atom is -0.389 e. The van der Waals surface area contributed by atoms with E-state index in [-0.39, 0.29) is 11.7 Å². The molecular formula is C19H19FO. The van der Waals surface area contributed by atoms with Gasteiger partial charge in [-0.15, -0.1) is 0 Å². The Balaban J connectivity index is 2.19. The van der Waals surface area contributed by atoms with E-state index < -0.39 is 5.60 Å². The monoisotopic (exact) mass is 282 g/mol. The highest BCUT2D eigenvalue weighted by atomic mass is 19.1. The Hall–Kier alpha value is -2.11. The van der Waals surface area contributed by atoms with Crippen LogP contribution in [0.4, 0.5) is 4.39 Å². The maximum Gasteiger partial charge on any atom is 0.123 e. The van der Waals surface area contributed by atoms with Gasteiger partial charge in [0.15, 0.2) is 0 Å². The van der Waals surface area contributed by atoms with Crippen LogP contribution in [-0.2, 0) is 0 Å². The first-order valence-electron chi connectivity index (χ1n) is 6.96. The van der Waals surface area contributed by atoms with Gasteiger partial charge in [0.2, 0.25) is 0 Å². The summed E-state index contributed by atoms with van der Waals surface area (Å²) in [6.45, 7) is 5.40. The van der Waals surface area contributed by atoms with Crippen molar-refractivity contribution in [2.45, 2.75) is 26.4 Å². The molecule has 0 aliphatic heterocycles. The molecule has 0 bridgehead atoms. The van der Waals surface area contributed by atoms with Gasteiger partial charge in [-0.2, -0.15) is 0 Å². The first kappa shape index (κ1) is 15.3. The molecule has 1 nitrogen and oxygen atoms in total. The van der Waals surface area contributed by atoms with E-state index in [2.05, 4.69) is 11.8 Å². The van der Waals surface area contributed by atoms with Gasteiger partial charge in [0.05, 0.1) is 5.60 Å². The lowest BCUT2D eigenvalue weighted by Crippen LogP contribution is -2.27. The average molecular weight is 282 g/mol. The number of hydrogen-bond acceptors (Lipinski definition) is 1. The van der Waals surface area contributed by atoms with Crippen molar-refractivity contribution in [2.24, 2.45) is 5.92 Å². The number of benzene rings is 2. The van der Waals surface area contributed by atoms with Crippen molar-refractivity contribution in [3.05, 3.63) is 59.9 Å². The maximum atomic E-state index is 13.2. The molecule has 1 unspecified atom stereocenters. The number of rotatable bonds is 2. The van der Waals surface area contributed by atoms with Crippen molar-refractivity contribution in [1.29, 1.82) is 0 Å². The third-order valence-corrected chi connectivity index (χ3v) is 3.54. The summed E-state index contributed by atoms with van der Waals surface area (Å²) < 4.78 is 13.2. The molecule has 0 radical (unpaired) electrons. The van der Waals surface area contributed by atoms with Gasteiger partial charge in [-0.25, -0.2) is 4.39 Å². The van der Waals surface area contributed by atoms with E-state index in [0.29, 0.717) is 0 Å². The molecule has 1 atom stereocenters. The number of aliphatic hydroxyl groups is 1. The van der Waals surface area contributed by atoms with Crippen molar-refractivity contribution in [3.63, 3.8) is 0 Å². The van der Waals surface area contributed by atoms with Crippen LogP contribution in [0.25, 0.3) is 11.1 Å². The first-order valence-corrected chi connectivity index (χ1v) is 6.96. The van der Waals surface area contributed by atoms with Crippen LogP contribution in [0.2, 0.25) is 0 Å². The van der Waals surface area contributed by atoms with Gasteiger partial charge >= 0.3 is 0 Å². The lowest BCUT2D eigenvalue weighted by atomic mass is 9.93. The quantitative estimate of drug-likeness (QED) is 0.816. The number of hydrogen-bond donors (Lipinski definition) is 1. The summed E-state index contributed by atoms with van der Waals surface area (Å²) in [6.07, 6.45) is 0. The molecule has 0 saturated carbocycles. The Morgan fingerprint density at radius 2 is 1.71 bits per heavy atom. The average Bonchev–Trinajstić information content (AvgIpc) is 2.44. The minimum atomic E-state index is -0.811. The van der Waals surface area contributed by atoms with Crippen molar-refractivity contribution < 1.29 is 9.50 Å². The second-order valence-electron chi connectivity index (χ2n) is 5.73. The predicted molar refractivity (Wildman–Crippen MR) is 84.2 cm³/mol. The van der Waals surface area contributed by atoms with Gasteiger partial charge in [0.1, 0.15) is 5.82 Å². The fourth-order valence-corrected chi connectivity index (χ4v) is 1.78. The standard InChI is InChI=1S/C19H19FO/c1-14(19(2,3)21)7-8-15-9-11-16(12-10-15)17-5-4-6-18(20)13-17/h4-6,9-14,21H,1-3H3. The van der Waals surface area contributed by atoms with Gasteiger partial charge in [-0.1, -0.05) is 36.1 Å². The molecular weight excluding hydrogens is 263 g/mol. The molecule has 0 saturated heterocycles. The normalized spacial score (nSPS) is 12.4. The zero-order valence-corrected chi connectivity index (χ0v) is 12.5. The smallest absolute Gasteiger partial charge is 0.123 e. The van der Waals surface area contributed by atoms with Crippen LogP contribution < -0.4 is 0 Å². The molecule has 1 N–H and O–H groups in total. The molecule has 0 fully saturated rings. The van der Waals surface area contributed by atoms with Crippen LogP contribution in [0.15, 0.2) is 48.5 Å². The summed E-state index contributed by atoms with van der Waals surface area (Å²) in [6, 6.07) is 14.2. The Morgan fingerprint density at radius 1 is 1.05 bits per heavy atom. The molecule has 0 heterocycles. The van der Waals surface area contributed by atoms with Crippen LogP contribution in [-0.4, -0.2) is 10.7 Å². The third kappa shape index (κ3) is 4.18. The molecule has 108 valence electrons. The molecule has 0 spiro atoms. The molecule has 2 aromatic rings. The lowest BCUT2D eigenvalue weighted by Gasteiger charge is -2.20. The van der Waals surface area contributed by atoms with E-state index in [9.17, 15) is 9.50 Å². The van der Waals surface area contributed by atoms with E-state index in [1.807, 2.05) is 37.3 Å². The van der Waals surface area contributed by atoms with Gasteiger partial charge in [-0.05, 0) is 56.2 Å². The van der Waals surface area contributed by atoms with E-state index in [0.717, 1.165) is 16.7 Å². The Morgan fingerprint density at radius 3 is 2.29 bits per heavy atom. The van der Waals surface area contributed by atoms with E-state index >= 15 is 0 Å². The lowest BCUT2D eigenvalue weighted by molar-refractivity contribution is 0.0477. The van der Waals surface area contributed by atoms with Crippen molar-refractivity contribution >= 4 is 0 Å². The molecule has 2 heteroatoms. The summed E-state index contributed by atoms with van der Waals surface area (Å²) in [5, 5.41) is 9.84. The van der Waals surface area contributed by atoms with Crippen molar-refractivity contribution in [3.8, 4) is 23.0 Å². The summed E-state index contributed by atoms with van der Waals surface area (Å²) in [5.41, 5.74) is 1.87.